The highest BCUT2D eigenvalue weighted by molar-refractivity contribution is 5.80. The maximum Gasteiger partial charge on any atom is 0.224 e. The van der Waals surface area contributed by atoms with Crippen molar-refractivity contribution >= 4 is 11.8 Å². The first kappa shape index (κ1) is 16.2. The zero-order valence-electron chi connectivity index (χ0n) is 12.2. The van der Waals surface area contributed by atoms with Crippen LogP contribution in [0.2, 0.25) is 0 Å². The number of carbonyl (C=O) groups is 2. The van der Waals surface area contributed by atoms with Gasteiger partial charge in [-0.1, -0.05) is 50.1 Å². The zero-order chi connectivity index (χ0) is 14.6. The molecule has 110 valence electrons. The second-order valence-corrected chi connectivity index (χ2v) is 4.82. The van der Waals surface area contributed by atoms with Crippen LogP contribution in [-0.2, 0) is 16.0 Å². The molecule has 0 saturated carbocycles. The molecule has 0 aromatic heterocycles. The fourth-order valence-electron chi connectivity index (χ4n) is 1.85. The summed E-state index contributed by atoms with van der Waals surface area (Å²) in [6, 6.07) is 9.57. The van der Waals surface area contributed by atoms with E-state index in [1.807, 2.05) is 30.3 Å². The van der Waals surface area contributed by atoms with Crippen molar-refractivity contribution in [3.63, 3.8) is 0 Å². The predicted octanol–water partition coefficient (Wildman–Crippen LogP) is 2.04. The van der Waals surface area contributed by atoms with Crippen LogP contribution < -0.4 is 10.6 Å². The third kappa shape index (κ3) is 7.56. The molecule has 0 aliphatic rings. The van der Waals surface area contributed by atoms with E-state index in [4.69, 9.17) is 0 Å². The van der Waals surface area contributed by atoms with Crippen molar-refractivity contribution < 1.29 is 9.59 Å². The van der Waals surface area contributed by atoms with Crippen LogP contribution in [0, 0.1) is 0 Å². The third-order valence-electron chi connectivity index (χ3n) is 2.98. The van der Waals surface area contributed by atoms with E-state index >= 15 is 0 Å². The molecule has 20 heavy (non-hydrogen) atoms. The largest absolute Gasteiger partial charge is 0.356 e. The smallest absolute Gasteiger partial charge is 0.224 e. The molecule has 0 heterocycles. The molecule has 0 atom stereocenters. The molecule has 2 amide bonds. The molecule has 4 nitrogen and oxygen atoms in total. The van der Waals surface area contributed by atoms with Gasteiger partial charge in [-0.2, -0.15) is 0 Å². The number of nitrogens with one attached hydrogen (secondary N) is 2. The number of hydrogen-bond acceptors (Lipinski definition) is 2. The summed E-state index contributed by atoms with van der Waals surface area (Å²) >= 11 is 0. The van der Waals surface area contributed by atoms with Crippen LogP contribution in [0.1, 0.15) is 38.2 Å². The van der Waals surface area contributed by atoms with E-state index in [1.54, 1.807) is 0 Å². The van der Waals surface area contributed by atoms with Crippen molar-refractivity contribution in [2.45, 2.75) is 39.0 Å². The van der Waals surface area contributed by atoms with Gasteiger partial charge in [0.05, 0.1) is 6.42 Å². The Kier molecular flexibility index (Phi) is 8.11. The molecule has 4 heteroatoms. The number of rotatable bonds is 9. The summed E-state index contributed by atoms with van der Waals surface area (Å²) in [6.07, 6.45) is 3.99. The Labute approximate surface area is 121 Å². The summed E-state index contributed by atoms with van der Waals surface area (Å²) in [5.74, 6) is -0.0453. The molecule has 0 aliphatic heterocycles. The minimum Gasteiger partial charge on any atom is -0.356 e. The van der Waals surface area contributed by atoms with Crippen molar-refractivity contribution in [1.82, 2.24) is 10.6 Å². The lowest BCUT2D eigenvalue weighted by molar-refractivity contribution is -0.122. The van der Waals surface area contributed by atoms with E-state index in [2.05, 4.69) is 17.6 Å². The van der Waals surface area contributed by atoms with Gasteiger partial charge in [-0.3, -0.25) is 9.59 Å². The van der Waals surface area contributed by atoms with Crippen LogP contribution in [-0.4, -0.2) is 24.9 Å². The third-order valence-corrected chi connectivity index (χ3v) is 2.98. The molecule has 0 fully saturated rings. The van der Waals surface area contributed by atoms with Crippen LogP contribution in [0.15, 0.2) is 30.3 Å². The monoisotopic (exact) mass is 276 g/mol. The topological polar surface area (TPSA) is 58.2 Å². The number of amides is 2. The van der Waals surface area contributed by atoms with Crippen molar-refractivity contribution in [3.05, 3.63) is 35.9 Å². The van der Waals surface area contributed by atoms with Gasteiger partial charge in [-0.15, -0.1) is 0 Å². The van der Waals surface area contributed by atoms with Crippen molar-refractivity contribution in [1.29, 1.82) is 0 Å². The van der Waals surface area contributed by atoms with E-state index in [9.17, 15) is 9.59 Å². The van der Waals surface area contributed by atoms with Gasteiger partial charge in [0, 0.05) is 19.5 Å². The number of unbranched alkanes of at least 4 members (excludes halogenated alkanes) is 2. The quantitative estimate of drug-likeness (QED) is 0.678. The molecule has 0 radical (unpaired) electrons. The minimum atomic E-state index is -0.0463. The fraction of sp³-hybridized carbons (Fsp3) is 0.500. The average Bonchev–Trinajstić information content (AvgIpc) is 2.45. The lowest BCUT2D eigenvalue weighted by Gasteiger charge is -2.06. The predicted molar refractivity (Wildman–Crippen MR) is 80.3 cm³/mol. The molecule has 0 aliphatic carbocycles. The molecule has 1 rings (SSSR count). The molecule has 0 bridgehead atoms. The second-order valence-electron chi connectivity index (χ2n) is 4.82. The maximum atomic E-state index is 11.7. The van der Waals surface area contributed by atoms with Gasteiger partial charge in [0.1, 0.15) is 0 Å². The summed E-state index contributed by atoms with van der Waals surface area (Å²) in [7, 11) is 0. The van der Waals surface area contributed by atoms with Crippen molar-refractivity contribution in [2.24, 2.45) is 0 Å². The lowest BCUT2D eigenvalue weighted by Crippen LogP contribution is -2.31. The summed E-state index contributed by atoms with van der Waals surface area (Å²) in [5.41, 5.74) is 0.981. The van der Waals surface area contributed by atoms with Crippen LogP contribution in [0.4, 0.5) is 0 Å². The molecular weight excluding hydrogens is 252 g/mol. The highest BCUT2D eigenvalue weighted by Gasteiger charge is 2.04. The van der Waals surface area contributed by atoms with Crippen LogP contribution in [0.3, 0.4) is 0 Å². The number of hydrogen-bond donors (Lipinski definition) is 2. The Morgan fingerprint density at radius 3 is 2.35 bits per heavy atom. The minimum absolute atomic E-state index is 0.00103. The standard InChI is InChI=1S/C16H24N2O2/c1-2-3-7-11-17-15(19)10-12-18-16(20)13-14-8-5-4-6-9-14/h4-6,8-9H,2-3,7,10-13H2,1H3,(H,17,19)(H,18,20). The Balaban J connectivity index is 2.08. The lowest BCUT2D eigenvalue weighted by atomic mass is 10.1. The van der Waals surface area contributed by atoms with Gasteiger partial charge in [0.15, 0.2) is 0 Å². The van der Waals surface area contributed by atoms with Crippen molar-refractivity contribution in [3.8, 4) is 0 Å². The summed E-state index contributed by atoms with van der Waals surface area (Å²) < 4.78 is 0. The molecule has 2 N–H and O–H groups in total. The van der Waals surface area contributed by atoms with Gasteiger partial charge in [0.25, 0.3) is 0 Å². The Bertz CT molecular complexity index is 404. The fourth-order valence-corrected chi connectivity index (χ4v) is 1.85. The Morgan fingerprint density at radius 2 is 1.65 bits per heavy atom. The molecule has 0 spiro atoms. The summed E-state index contributed by atoms with van der Waals surface area (Å²) in [6.45, 7) is 3.25. The highest BCUT2D eigenvalue weighted by Crippen LogP contribution is 1.99. The average molecular weight is 276 g/mol. The normalized spacial score (nSPS) is 10.1. The van der Waals surface area contributed by atoms with E-state index in [-0.39, 0.29) is 11.8 Å². The van der Waals surface area contributed by atoms with Crippen LogP contribution in [0.25, 0.3) is 0 Å². The Morgan fingerprint density at radius 1 is 0.950 bits per heavy atom. The number of carbonyl (C=O) groups excluding carboxylic acids is 2. The summed E-state index contributed by atoms with van der Waals surface area (Å²) in [4.78, 5) is 23.1. The van der Waals surface area contributed by atoms with Crippen molar-refractivity contribution in [2.75, 3.05) is 13.1 Å². The van der Waals surface area contributed by atoms with Crippen LogP contribution >= 0.6 is 0 Å². The van der Waals surface area contributed by atoms with Gasteiger partial charge in [-0.25, -0.2) is 0 Å². The maximum absolute atomic E-state index is 11.7. The van der Waals surface area contributed by atoms with E-state index in [0.717, 1.165) is 31.4 Å². The van der Waals surface area contributed by atoms with Crippen LogP contribution in [0.5, 0.6) is 0 Å². The molecule has 0 unspecified atom stereocenters. The van der Waals surface area contributed by atoms with Gasteiger partial charge >= 0.3 is 0 Å². The number of benzene rings is 1. The van der Waals surface area contributed by atoms with E-state index in [0.29, 0.717) is 19.4 Å². The molecule has 1 aromatic rings. The molecule has 0 saturated heterocycles. The zero-order valence-corrected chi connectivity index (χ0v) is 12.2. The molecular formula is C16H24N2O2. The van der Waals surface area contributed by atoms with Gasteiger partial charge in [0.2, 0.25) is 11.8 Å². The highest BCUT2D eigenvalue weighted by atomic mass is 16.2. The Hall–Kier alpha value is -1.84. The van der Waals surface area contributed by atoms with E-state index < -0.39 is 0 Å². The SMILES string of the molecule is CCCCCNC(=O)CCNC(=O)Cc1ccccc1. The first-order valence-corrected chi connectivity index (χ1v) is 7.29. The second kappa shape index (κ2) is 10.0. The van der Waals surface area contributed by atoms with E-state index in [1.165, 1.54) is 0 Å². The first-order valence-electron chi connectivity index (χ1n) is 7.29. The summed E-state index contributed by atoms with van der Waals surface area (Å²) in [5, 5.41) is 5.61. The van der Waals surface area contributed by atoms with Gasteiger partial charge < -0.3 is 10.6 Å². The van der Waals surface area contributed by atoms with Gasteiger partial charge in [-0.05, 0) is 12.0 Å². The first-order chi connectivity index (χ1) is 9.72. The molecule has 1 aromatic carbocycles.